The highest BCUT2D eigenvalue weighted by atomic mass is 16.3. The first-order chi connectivity index (χ1) is 21.7. The molecule has 0 saturated heterocycles. The number of anilines is 1. The Hall–Kier alpha value is -3.19. The first-order valence-electron chi connectivity index (χ1n) is 17.6. The van der Waals surface area contributed by atoms with Crippen molar-refractivity contribution in [1.82, 2.24) is 10.6 Å². The molecule has 0 bridgehead atoms. The molecule has 2 fully saturated rings. The summed E-state index contributed by atoms with van der Waals surface area (Å²) in [5, 5.41) is 19.6. The Labute approximate surface area is 274 Å². The van der Waals surface area contributed by atoms with Gasteiger partial charge in [0.2, 0.25) is 17.7 Å². The predicted octanol–water partition coefficient (Wildman–Crippen LogP) is 6.69. The molecular weight excluding hydrogens is 574 g/mol. The topological polar surface area (TPSA) is 108 Å². The number of hydrogen-bond donors (Lipinski definition) is 4. The van der Waals surface area contributed by atoms with Crippen LogP contribution in [0.1, 0.15) is 115 Å². The van der Waals surface area contributed by atoms with Crippen molar-refractivity contribution in [3.63, 3.8) is 0 Å². The summed E-state index contributed by atoms with van der Waals surface area (Å²) >= 11 is 0. The molecule has 7 nitrogen and oxygen atoms in total. The number of carbonyl (C=O) groups excluding carboxylic acids is 3. The number of rotatable bonds is 6. The van der Waals surface area contributed by atoms with E-state index >= 15 is 0 Å². The Kier molecular flexibility index (Phi) is 8.40. The van der Waals surface area contributed by atoms with Gasteiger partial charge in [-0.1, -0.05) is 66.5 Å². The Morgan fingerprint density at radius 2 is 1.30 bits per heavy atom. The summed E-state index contributed by atoms with van der Waals surface area (Å²) in [5.41, 5.74) is 3.92. The van der Waals surface area contributed by atoms with Crippen LogP contribution in [0.3, 0.4) is 0 Å². The minimum Gasteiger partial charge on any atom is -0.508 e. The molecule has 0 heterocycles. The van der Waals surface area contributed by atoms with Gasteiger partial charge in [0.1, 0.15) is 5.75 Å². The highest BCUT2D eigenvalue weighted by Gasteiger charge is 2.58. The number of fused-ring (bicyclic) bond motifs is 6. The molecule has 0 radical (unpaired) electrons. The van der Waals surface area contributed by atoms with Crippen molar-refractivity contribution in [2.45, 2.75) is 123 Å². The molecule has 6 atom stereocenters. The number of amides is 3. The largest absolute Gasteiger partial charge is 0.508 e. The van der Waals surface area contributed by atoms with Crippen LogP contribution in [0.15, 0.2) is 36.4 Å². The highest BCUT2D eigenvalue weighted by Crippen LogP contribution is 2.59. The molecule has 4 unspecified atom stereocenters. The normalized spacial score (nSPS) is 33.2. The van der Waals surface area contributed by atoms with E-state index in [1.807, 2.05) is 32.0 Å². The first-order valence-corrected chi connectivity index (χ1v) is 17.6. The second-order valence-electron chi connectivity index (χ2n) is 16.1. The van der Waals surface area contributed by atoms with Gasteiger partial charge in [0.05, 0.1) is 17.4 Å². The first kappa shape index (κ1) is 32.7. The van der Waals surface area contributed by atoms with Gasteiger partial charge in [0, 0.05) is 11.7 Å². The number of carbonyl (C=O) groups is 3. The minimum atomic E-state index is -0.680. The highest BCUT2D eigenvalue weighted by molar-refractivity contribution is 6.01. The zero-order valence-corrected chi connectivity index (χ0v) is 28.6. The van der Waals surface area contributed by atoms with Gasteiger partial charge in [0.25, 0.3) is 0 Å². The summed E-state index contributed by atoms with van der Waals surface area (Å²) in [4.78, 5) is 41.4. The van der Waals surface area contributed by atoms with E-state index in [0.717, 1.165) is 75.5 Å². The van der Waals surface area contributed by atoms with Crippen LogP contribution in [0, 0.1) is 22.7 Å². The van der Waals surface area contributed by atoms with Gasteiger partial charge < -0.3 is 15.7 Å². The van der Waals surface area contributed by atoms with Crippen molar-refractivity contribution < 1.29 is 19.5 Å². The van der Waals surface area contributed by atoms with Crippen LogP contribution in [0.2, 0.25) is 0 Å². The van der Waals surface area contributed by atoms with E-state index in [9.17, 15) is 19.5 Å². The molecule has 4 aliphatic rings. The van der Waals surface area contributed by atoms with E-state index in [-0.39, 0.29) is 58.7 Å². The summed E-state index contributed by atoms with van der Waals surface area (Å²) in [6.07, 6.45) is 8.80. The van der Waals surface area contributed by atoms with Crippen molar-refractivity contribution in [2.24, 2.45) is 22.7 Å². The Bertz CT molecular complexity index is 1550. The van der Waals surface area contributed by atoms with Crippen molar-refractivity contribution in [2.75, 3.05) is 11.9 Å². The monoisotopic (exact) mass is 627 g/mol. The van der Waals surface area contributed by atoms with E-state index in [1.165, 1.54) is 16.7 Å². The summed E-state index contributed by atoms with van der Waals surface area (Å²) in [5.74, 6) is 0.101. The molecule has 0 spiro atoms. The fraction of sp³-hybridized carbons (Fsp3) is 0.615. The predicted molar refractivity (Wildman–Crippen MR) is 182 cm³/mol. The zero-order valence-electron chi connectivity index (χ0n) is 28.6. The molecule has 0 aliphatic heterocycles. The molecule has 6 rings (SSSR count). The third kappa shape index (κ3) is 5.36. The van der Waals surface area contributed by atoms with Gasteiger partial charge in [-0.05, 0) is 121 Å². The van der Waals surface area contributed by atoms with E-state index in [4.69, 9.17) is 0 Å². The maximum atomic E-state index is 14.4. The van der Waals surface area contributed by atoms with Crippen LogP contribution in [0.4, 0.5) is 5.69 Å². The number of hydrogen-bond acceptors (Lipinski definition) is 5. The Balaban J connectivity index is 1.23. The lowest BCUT2D eigenvalue weighted by Crippen LogP contribution is -2.60. The molecule has 3 amide bonds. The lowest BCUT2D eigenvalue weighted by Gasteiger charge is -2.56. The van der Waals surface area contributed by atoms with E-state index in [0.29, 0.717) is 0 Å². The van der Waals surface area contributed by atoms with Crippen LogP contribution in [0.25, 0.3) is 0 Å². The number of nitrogens with one attached hydrogen (secondary N) is 3. The van der Waals surface area contributed by atoms with E-state index in [2.05, 4.69) is 55.8 Å². The molecule has 7 heteroatoms. The molecule has 4 N–H and O–H groups in total. The van der Waals surface area contributed by atoms with Crippen LogP contribution in [-0.2, 0) is 38.1 Å². The van der Waals surface area contributed by atoms with Crippen LogP contribution >= 0.6 is 0 Å². The maximum absolute atomic E-state index is 14.4. The molecule has 46 heavy (non-hydrogen) atoms. The van der Waals surface area contributed by atoms with Gasteiger partial charge in [-0.25, -0.2) is 0 Å². The summed E-state index contributed by atoms with van der Waals surface area (Å²) in [6, 6.07) is 12.2. The molecule has 0 aromatic heterocycles. The Morgan fingerprint density at radius 1 is 0.783 bits per heavy atom. The third-order valence-electron chi connectivity index (χ3n) is 12.9. The quantitative estimate of drug-likeness (QED) is 0.267. The Morgan fingerprint density at radius 3 is 1.85 bits per heavy atom. The fourth-order valence-corrected chi connectivity index (χ4v) is 10.4. The lowest BCUT2D eigenvalue weighted by atomic mass is 9.49. The van der Waals surface area contributed by atoms with Crippen molar-refractivity contribution in [1.29, 1.82) is 0 Å². The van der Waals surface area contributed by atoms with Gasteiger partial charge >= 0.3 is 0 Å². The average molecular weight is 628 g/mol. The number of phenolic OH excluding ortho intramolecular Hbond substituents is 1. The second kappa shape index (κ2) is 11.8. The van der Waals surface area contributed by atoms with Crippen LogP contribution < -0.4 is 16.0 Å². The third-order valence-corrected chi connectivity index (χ3v) is 12.9. The number of imide groups is 1. The zero-order chi connectivity index (χ0) is 33.1. The number of aryl methyl sites for hydroxylation is 2. The van der Waals surface area contributed by atoms with Crippen LogP contribution in [-0.4, -0.2) is 35.4 Å². The summed E-state index contributed by atoms with van der Waals surface area (Å²) in [6.45, 7) is 13.0. The molecule has 248 valence electrons. The standard InChI is InChI=1S/C39H53N3O4/c1-24(2)40-23-33(44)41-27-13-9-25-11-15-31-36(3,29(25)21-27)17-7-19-38(31,5)34(45)42-35(46)39(6)20-8-18-37(4)30-22-28(43)14-10-26(30)12-16-32(37)39/h9-10,13-14,21-22,24,31-32,40,43H,7-8,11-12,15-20,23H2,1-6H3,(H,41,44)(H,42,45,46)/t31?,32?,36?,37?,38-,39-/m0/s1. The maximum Gasteiger partial charge on any atom is 0.238 e. The molecule has 2 aromatic rings. The molecule has 4 aliphatic carbocycles. The van der Waals surface area contributed by atoms with Gasteiger partial charge in [0.15, 0.2) is 0 Å². The van der Waals surface area contributed by atoms with E-state index < -0.39 is 10.8 Å². The van der Waals surface area contributed by atoms with Crippen molar-refractivity contribution in [3.05, 3.63) is 58.7 Å². The number of benzene rings is 2. The molecular formula is C39H53N3O4. The molecule has 2 saturated carbocycles. The number of phenols is 1. The van der Waals surface area contributed by atoms with Crippen molar-refractivity contribution >= 4 is 23.4 Å². The van der Waals surface area contributed by atoms with Crippen molar-refractivity contribution in [3.8, 4) is 5.75 Å². The fourth-order valence-electron chi connectivity index (χ4n) is 10.4. The lowest BCUT2D eigenvalue weighted by molar-refractivity contribution is -0.150. The van der Waals surface area contributed by atoms with E-state index in [1.54, 1.807) is 6.07 Å². The summed E-state index contributed by atoms with van der Waals surface area (Å²) in [7, 11) is 0. The SMILES string of the molecule is CC(C)NCC(=O)Nc1ccc2c(c1)C1(C)CCC[C@](C)(C(=O)NC(=O)[C@@]3(C)CCCC4(C)c5cc(O)ccc5CCC43)C1CC2. The smallest absolute Gasteiger partial charge is 0.238 e. The number of aromatic hydroxyl groups is 1. The summed E-state index contributed by atoms with van der Waals surface area (Å²) < 4.78 is 0. The van der Waals surface area contributed by atoms with Gasteiger partial charge in [-0.3, -0.25) is 19.7 Å². The van der Waals surface area contributed by atoms with Crippen LogP contribution in [0.5, 0.6) is 5.75 Å². The average Bonchev–Trinajstić information content (AvgIpc) is 3.00. The molecule has 2 aromatic carbocycles. The van der Waals surface area contributed by atoms with Gasteiger partial charge in [-0.15, -0.1) is 0 Å². The minimum absolute atomic E-state index is 0.0666. The van der Waals surface area contributed by atoms with Gasteiger partial charge in [-0.2, -0.15) is 0 Å². The second-order valence-corrected chi connectivity index (χ2v) is 16.1.